The van der Waals surface area contributed by atoms with Crippen molar-refractivity contribution in [2.75, 3.05) is 13.1 Å². The number of rotatable bonds is 8. The maximum absolute atomic E-state index is 13.0. The van der Waals surface area contributed by atoms with Crippen molar-refractivity contribution in [3.05, 3.63) is 35.9 Å². The average Bonchev–Trinajstić information content (AvgIpc) is 2.69. The summed E-state index contributed by atoms with van der Waals surface area (Å²) in [5.41, 5.74) is 1.14. The monoisotopic (exact) mass is 405 g/mol. The normalized spacial score (nSPS) is 23.3. The number of nitrogens with zero attached hydrogens (tertiary/aromatic N) is 2. The van der Waals surface area contributed by atoms with Crippen LogP contribution in [0.2, 0.25) is 0 Å². The lowest BCUT2D eigenvalue weighted by Gasteiger charge is -2.47. The molecule has 9 heteroatoms. The van der Waals surface area contributed by atoms with Gasteiger partial charge in [0.05, 0.1) is 6.04 Å². The van der Waals surface area contributed by atoms with Gasteiger partial charge in [0.2, 0.25) is 0 Å². The van der Waals surface area contributed by atoms with Gasteiger partial charge in [0.1, 0.15) is 6.04 Å². The summed E-state index contributed by atoms with van der Waals surface area (Å²) in [6.45, 7) is 1.19. The highest BCUT2D eigenvalue weighted by atomic mass is 16.7. The number of amides is 1. The minimum atomic E-state index is -1.43. The molecule has 0 saturated carbocycles. The highest BCUT2D eigenvalue weighted by Crippen LogP contribution is 2.25. The number of benzene rings is 1. The fraction of sp³-hybridized carbons (Fsp3) is 0.550. The summed E-state index contributed by atoms with van der Waals surface area (Å²) in [4.78, 5) is 35.6. The highest BCUT2D eigenvalue weighted by Gasteiger charge is 2.43. The predicted octanol–water partition coefficient (Wildman–Crippen LogP) is 1.68. The zero-order chi connectivity index (χ0) is 20.8. The van der Waals surface area contributed by atoms with E-state index in [0.717, 1.165) is 18.4 Å². The number of hydrazine groups is 1. The Kier molecular flexibility index (Phi) is 7.05. The Balaban J connectivity index is 1.59. The number of hydrogen-bond donors (Lipinski definition) is 3. The molecule has 3 rings (SSSR count). The van der Waals surface area contributed by atoms with Crippen LogP contribution in [0.1, 0.15) is 37.7 Å². The molecule has 3 unspecified atom stereocenters. The lowest BCUT2D eigenvalue weighted by Crippen LogP contribution is -2.66. The zero-order valence-corrected chi connectivity index (χ0v) is 16.2. The first kappa shape index (κ1) is 21.1. The molecule has 1 amide bonds. The molecule has 2 saturated heterocycles. The molecule has 2 aliphatic heterocycles. The van der Waals surface area contributed by atoms with E-state index in [1.54, 1.807) is 5.01 Å². The molecular formula is C20H27N3O6. The van der Waals surface area contributed by atoms with Crippen molar-refractivity contribution in [2.45, 2.75) is 56.8 Å². The maximum atomic E-state index is 13.0. The van der Waals surface area contributed by atoms with Crippen LogP contribution in [-0.4, -0.2) is 69.7 Å². The van der Waals surface area contributed by atoms with Gasteiger partial charge < -0.3 is 14.9 Å². The van der Waals surface area contributed by atoms with Crippen LogP contribution < -0.4 is 5.32 Å². The number of ether oxygens (including phenoxy) is 1. The van der Waals surface area contributed by atoms with Crippen LogP contribution in [0.25, 0.3) is 0 Å². The van der Waals surface area contributed by atoms with Gasteiger partial charge in [0, 0.05) is 19.5 Å². The molecule has 2 aliphatic rings. The van der Waals surface area contributed by atoms with E-state index >= 15 is 0 Å². The standard InChI is InChI=1S/C20H27N3O6/c24-18-15(11-13-22-12-5-10-17(23(18)22)29-20(27)28)21-16(19(25)26)9-4-8-14-6-2-1-3-7-14/h1-3,6-7,15-17,21H,4-5,8-13H2,(H,25,26)(H,27,28). The molecule has 1 aromatic carbocycles. The molecule has 0 aliphatic carbocycles. The Morgan fingerprint density at radius 1 is 1.17 bits per heavy atom. The van der Waals surface area contributed by atoms with Gasteiger partial charge >= 0.3 is 12.1 Å². The Morgan fingerprint density at radius 2 is 1.93 bits per heavy atom. The lowest BCUT2D eigenvalue weighted by molar-refractivity contribution is -0.202. The van der Waals surface area contributed by atoms with E-state index < -0.39 is 30.4 Å². The molecule has 9 nitrogen and oxygen atoms in total. The summed E-state index contributed by atoms with van der Waals surface area (Å²) in [7, 11) is 0. The van der Waals surface area contributed by atoms with Gasteiger partial charge in [-0.15, -0.1) is 0 Å². The van der Waals surface area contributed by atoms with Gasteiger partial charge in [-0.2, -0.15) is 0 Å². The van der Waals surface area contributed by atoms with E-state index in [1.807, 2.05) is 30.3 Å². The first-order valence-electron chi connectivity index (χ1n) is 9.96. The first-order valence-corrected chi connectivity index (χ1v) is 9.96. The smallest absolute Gasteiger partial charge is 0.480 e. The van der Waals surface area contributed by atoms with Crippen LogP contribution in [-0.2, 0) is 20.7 Å². The van der Waals surface area contributed by atoms with Crippen molar-refractivity contribution in [1.29, 1.82) is 0 Å². The summed E-state index contributed by atoms with van der Waals surface area (Å²) in [6.07, 6.45) is 1.18. The molecule has 158 valence electrons. The molecular weight excluding hydrogens is 378 g/mol. The third kappa shape index (κ3) is 5.45. The number of fused-ring (bicyclic) bond motifs is 1. The van der Waals surface area contributed by atoms with E-state index in [0.29, 0.717) is 38.8 Å². The van der Waals surface area contributed by atoms with E-state index in [2.05, 4.69) is 5.32 Å². The van der Waals surface area contributed by atoms with Gasteiger partial charge in [-0.3, -0.25) is 14.9 Å². The van der Waals surface area contributed by atoms with Gasteiger partial charge in [0.15, 0.2) is 6.23 Å². The van der Waals surface area contributed by atoms with Crippen molar-refractivity contribution in [1.82, 2.24) is 15.3 Å². The minimum absolute atomic E-state index is 0.337. The maximum Gasteiger partial charge on any atom is 0.507 e. The Bertz CT molecular complexity index is 728. The lowest BCUT2D eigenvalue weighted by atomic mass is 10.0. The van der Waals surface area contributed by atoms with Crippen LogP contribution in [0.3, 0.4) is 0 Å². The predicted molar refractivity (Wildman–Crippen MR) is 103 cm³/mol. The second-order valence-corrected chi connectivity index (χ2v) is 7.39. The van der Waals surface area contributed by atoms with Crippen molar-refractivity contribution in [2.24, 2.45) is 0 Å². The second kappa shape index (κ2) is 9.71. The van der Waals surface area contributed by atoms with Gasteiger partial charge in [-0.05, 0) is 37.7 Å². The molecule has 3 N–H and O–H groups in total. The molecule has 1 aromatic rings. The number of carboxylic acids is 1. The summed E-state index contributed by atoms with van der Waals surface area (Å²) < 4.78 is 4.88. The molecule has 2 heterocycles. The Morgan fingerprint density at radius 3 is 2.62 bits per heavy atom. The topological polar surface area (TPSA) is 119 Å². The molecule has 0 spiro atoms. The Hall–Kier alpha value is -2.65. The summed E-state index contributed by atoms with van der Waals surface area (Å²) in [5, 5.41) is 24.7. The Labute approximate surface area is 169 Å². The van der Waals surface area contributed by atoms with Crippen molar-refractivity contribution in [3.63, 3.8) is 0 Å². The number of carbonyl (C=O) groups excluding carboxylic acids is 1. The van der Waals surface area contributed by atoms with Crippen LogP contribution in [0.15, 0.2) is 30.3 Å². The third-order valence-corrected chi connectivity index (χ3v) is 5.38. The average molecular weight is 405 g/mol. The van der Waals surface area contributed by atoms with E-state index in [-0.39, 0.29) is 5.91 Å². The molecule has 2 fully saturated rings. The molecule has 0 bridgehead atoms. The SMILES string of the molecule is O=C(O)OC1CCCN2CCC(NC(CCCc3ccccc3)C(=O)O)C(=O)N12. The minimum Gasteiger partial charge on any atom is -0.480 e. The zero-order valence-electron chi connectivity index (χ0n) is 16.2. The van der Waals surface area contributed by atoms with Crippen LogP contribution in [0, 0.1) is 0 Å². The molecule has 3 atom stereocenters. The summed E-state index contributed by atoms with van der Waals surface area (Å²) >= 11 is 0. The van der Waals surface area contributed by atoms with Crippen LogP contribution >= 0.6 is 0 Å². The molecule has 0 radical (unpaired) electrons. The van der Waals surface area contributed by atoms with Crippen LogP contribution in [0.4, 0.5) is 4.79 Å². The number of aryl methyl sites for hydroxylation is 1. The number of aliphatic carboxylic acids is 1. The second-order valence-electron chi connectivity index (χ2n) is 7.39. The molecule has 29 heavy (non-hydrogen) atoms. The summed E-state index contributed by atoms with van der Waals surface area (Å²) in [6, 6.07) is 8.31. The molecule has 0 aromatic heterocycles. The highest BCUT2D eigenvalue weighted by molar-refractivity contribution is 5.84. The van der Waals surface area contributed by atoms with E-state index in [1.165, 1.54) is 5.01 Å². The quantitative estimate of drug-likeness (QED) is 0.559. The van der Waals surface area contributed by atoms with Gasteiger partial charge in [-0.1, -0.05) is 30.3 Å². The van der Waals surface area contributed by atoms with Crippen molar-refractivity contribution in [3.8, 4) is 0 Å². The van der Waals surface area contributed by atoms with Gasteiger partial charge in [0.25, 0.3) is 5.91 Å². The summed E-state index contributed by atoms with van der Waals surface area (Å²) in [5.74, 6) is -1.33. The number of hydrogen-bond acceptors (Lipinski definition) is 6. The largest absolute Gasteiger partial charge is 0.507 e. The first-order chi connectivity index (χ1) is 14.0. The van der Waals surface area contributed by atoms with E-state index in [4.69, 9.17) is 9.84 Å². The van der Waals surface area contributed by atoms with Gasteiger partial charge in [-0.25, -0.2) is 14.8 Å². The number of nitrogens with one attached hydrogen (secondary N) is 1. The van der Waals surface area contributed by atoms with E-state index in [9.17, 15) is 19.5 Å². The van der Waals surface area contributed by atoms with Crippen molar-refractivity contribution < 1.29 is 29.3 Å². The van der Waals surface area contributed by atoms with Crippen molar-refractivity contribution >= 4 is 18.0 Å². The number of carbonyl (C=O) groups is 3. The third-order valence-electron chi connectivity index (χ3n) is 5.38. The fourth-order valence-electron chi connectivity index (χ4n) is 3.98. The number of carboxylic acid groups (broad SMARTS) is 2. The fourth-order valence-corrected chi connectivity index (χ4v) is 3.98. The van der Waals surface area contributed by atoms with Crippen LogP contribution in [0.5, 0.6) is 0 Å².